The molecule has 0 spiro atoms. The summed E-state index contributed by atoms with van der Waals surface area (Å²) in [5.41, 5.74) is 20.8. The van der Waals surface area contributed by atoms with E-state index in [9.17, 15) is 9.90 Å². The summed E-state index contributed by atoms with van der Waals surface area (Å²) >= 11 is 0. The molecule has 4 nitrogen and oxygen atoms in total. The molecule has 0 saturated heterocycles. The second-order valence-corrected chi connectivity index (χ2v) is 11.8. The van der Waals surface area contributed by atoms with Crippen LogP contribution in [-0.2, 0) is 13.1 Å². The van der Waals surface area contributed by atoms with E-state index in [2.05, 4.69) is 42.4 Å². The molecule has 0 amide bonds. The van der Waals surface area contributed by atoms with Crippen molar-refractivity contribution in [2.24, 2.45) is 11.5 Å². The molecule has 0 atom stereocenters. The predicted molar refractivity (Wildman–Crippen MR) is 201 cm³/mol. The largest absolute Gasteiger partial charge is 0.478 e. The van der Waals surface area contributed by atoms with E-state index in [4.69, 9.17) is 11.5 Å². The van der Waals surface area contributed by atoms with Crippen LogP contribution in [0, 0.1) is 35.5 Å². The Balaban J connectivity index is 1.49. The van der Waals surface area contributed by atoms with Crippen LogP contribution in [-0.4, -0.2) is 11.1 Å². The fraction of sp³-hybridized carbons (Fsp3) is 0.178. The van der Waals surface area contributed by atoms with E-state index in [1.165, 1.54) is 12.8 Å². The summed E-state index contributed by atoms with van der Waals surface area (Å²) < 4.78 is 0. The van der Waals surface area contributed by atoms with E-state index < -0.39 is 5.97 Å². The minimum Gasteiger partial charge on any atom is -0.478 e. The SMILES string of the molecule is CCCCCCC#Cc1cc(-c2ccc(C#Cc3ccc(CN)cc3)cc2)c(C(=O)O)c(-c2ccc(C#Cc3ccc(CN)cc3)cc2)c1. The molecule has 0 saturated carbocycles. The first-order valence-electron chi connectivity index (χ1n) is 16.7. The van der Waals surface area contributed by atoms with E-state index in [1.807, 2.05) is 109 Å². The second-order valence-electron chi connectivity index (χ2n) is 11.8. The van der Waals surface area contributed by atoms with Gasteiger partial charge in [-0.15, -0.1) is 0 Å². The lowest BCUT2D eigenvalue weighted by Crippen LogP contribution is -2.04. The monoisotopic (exact) mass is 640 g/mol. The lowest BCUT2D eigenvalue weighted by Gasteiger charge is -2.14. The van der Waals surface area contributed by atoms with Crippen LogP contribution in [0.15, 0.2) is 109 Å². The minimum absolute atomic E-state index is 0.228. The molecule has 5 aromatic carbocycles. The summed E-state index contributed by atoms with van der Waals surface area (Å²) in [7, 11) is 0. The lowest BCUT2D eigenvalue weighted by molar-refractivity contribution is 0.0698. The Kier molecular flexibility index (Phi) is 12.2. The Morgan fingerprint density at radius 2 is 0.959 bits per heavy atom. The van der Waals surface area contributed by atoms with Crippen LogP contribution in [0.3, 0.4) is 0 Å². The summed E-state index contributed by atoms with van der Waals surface area (Å²) in [5, 5.41) is 10.6. The number of rotatable bonds is 9. The number of carboxylic acids is 1. The summed E-state index contributed by atoms with van der Waals surface area (Å²) in [6.45, 7) is 3.18. The molecule has 5 aromatic rings. The molecule has 49 heavy (non-hydrogen) atoms. The zero-order chi connectivity index (χ0) is 34.4. The topological polar surface area (TPSA) is 89.3 Å². The van der Waals surface area contributed by atoms with Gasteiger partial charge in [0.2, 0.25) is 0 Å². The van der Waals surface area contributed by atoms with E-state index in [-0.39, 0.29) is 5.56 Å². The van der Waals surface area contributed by atoms with Gasteiger partial charge in [-0.25, -0.2) is 4.79 Å². The third-order valence-corrected chi connectivity index (χ3v) is 8.21. The maximum Gasteiger partial charge on any atom is 0.336 e. The second kappa shape index (κ2) is 17.4. The molecule has 5 N–H and O–H groups in total. The number of hydrogen-bond donors (Lipinski definition) is 3. The van der Waals surface area contributed by atoms with Gasteiger partial charge in [-0.05, 0) is 100 Å². The van der Waals surface area contributed by atoms with Crippen molar-refractivity contribution in [3.8, 4) is 57.8 Å². The molecule has 242 valence electrons. The number of nitrogens with two attached hydrogens (primary N) is 2. The molecule has 4 heteroatoms. The maximum absolute atomic E-state index is 12.9. The van der Waals surface area contributed by atoms with Crippen LogP contribution >= 0.6 is 0 Å². The molecule has 0 radical (unpaired) electrons. The third-order valence-electron chi connectivity index (χ3n) is 8.21. The van der Waals surface area contributed by atoms with Crippen LogP contribution < -0.4 is 11.5 Å². The number of unbranched alkanes of at least 4 members (excludes halogenated alkanes) is 4. The Hall–Kier alpha value is -5.83. The Bertz CT molecular complexity index is 1950. The summed E-state index contributed by atoms with van der Waals surface area (Å²) in [4.78, 5) is 12.9. The van der Waals surface area contributed by atoms with E-state index in [0.29, 0.717) is 24.2 Å². The molecular formula is C45H40N2O2. The molecule has 0 unspecified atom stereocenters. The smallest absolute Gasteiger partial charge is 0.336 e. The predicted octanol–water partition coefficient (Wildman–Crippen LogP) is 8.76. The van der Waals surface area contributed by atoms with E-state index in [1.54, 1.807) is 0 Å². The van der Waals surface area contributed by atoms with Crippen molar-refractivity contribution in [1.29, 1.82) is 0 Å². The van der Waals surface area contributed by atoms with Crippen molar-refractivity contribution in [2.45, 2.75) is 52.1 Å². The fourth-order valence-electron chi connectivity index (χ4n) is 5.41. The molecule has 5 rings (SSSR count). The standard InChI is InChI=1S/C45H40N2O2/c1-2-3-4-5-6-7-8-39-29-42(40-25-21-35(22-26-40)11-9-33-13-17-37(31-46)18-14-33)44(45(48)49)43(30-39)41-27-23-36(24-28-41)12-10-34-15-19-38(32-47)20-16-34/h13-30H,2-6,31-32,46-47H2,1H3,(H,48,49). The minimum atomic E-state index is -1.00. The quantitative estimate of drug-likeness (QED) is 0.111. The number of benzene rings is 5. The van der Waals surface area contributed by atoms with Crippen LogP contribution in [0.5, 0.6) is 0 Å². The molecule has 0 fully saturated rings. The Labute approximate surface area is 290 Å². The fourth-order valence-corrected chi connectivity index (χ4v) is 5.41. The van der Waals surface area contributed by atoms with Crippen molar-refractivity contribution in [3.05, 3.63) is 154 Å². The van der Waals surface area contributed by atoms with Crippen LogP contribution in [0.25, 0.3) is 22.3 Å². The molecule has 0 aliphatic heterocycles. The molecule has 0 aliphatic rings. The highest BCUT2D eigenvalue weighted by atomic mass is 16.4. The molecular weight excluding hydrogens is 601 g/mol. The van der Waals surface area contributed by atoms with Gasteiger partial charge in [-0.2, -0.15) is 0 Å². The van der Waals surface area contributed by atoms with Crippen LogP contribution in [0.2, 0.25) is 0 Å². The average molecular weight is 641 g/mol. The highest BCUT2D eigenvalue weighted by molar-refractivity contribution is 6.03. The zero-order valence-corrected chi connectivity index (χ0v) is 27.9. The molecule has 0 heterocycles. The highest BCUT2D eigenvalue weighted by Crippen LogP contribution is 2.34. The normalized spacial score (nSPS) is 10.2. The molecule has 0 aliphatic carbocycles. The first kappa shape index (κ1) is 34.5. The van der Waals surface area contributed by atoms with Crippen molar-refractivity contribution in [3.63, 3.8) is 0 Å². The summed E-state index contributed by atoms with van der Waals surface area (Å²) in [5.74, 6) is 18.4. The van der Waals surface area contributed by atoms with Gasteiger partial charge in [0, 0.05) is 47.3 Å². The van der Waals surface area contributed by atoms with Gasteiger partial charge in [-0.3, -0.25) is 0 Å². The van der Waals surface area contributed by atoms with Gasteiger partial charge in [0.15, 0.2) is 0 Å². The molecule has 0 bridgehead atoms. The van der Waals surface area contributed by atoms with Crippen molar-refractivity contribution in [2.75, 3.05) is 0 Å². The number of carboxylic acid groups (broad SMARTS) is 1. The van der Waals surface area contributed by atoms with Gasteiger partial charge in [0.05, 0.1) is 5.56 Å². The van der Waals surface area contributed by atoms with Gasteiger partial charge in [0.25, 0.3) is 0 Å². The highest BCUT2D eigenvalue weighted by Gasteiger charge is 2.19. The van der Waals surface area contributed by atoms with Crippen molar-refractivity contribution < 1.29 is 9.90 Å². The van der Waals surface area contributed by atoms with Crippen molar-refractivity contribution >= 4 is 5.97 Å². The van der Waals surface area contributed by atoms with Crippen molar-refractivity contribution in [1.82, 2.24) is 0 Å². The average Bonchev–Trinajstić information content (AvgIpc) is 3.15. The maximum atomic E-state index is 12.9. The van der Waals surface area contributed by atoms with E-state index >= 15 is 0 Å². The number of carbonyl (C=O) groups is 1. The first-order valence-corrected chi connectivity index (χ1v) is 16.7. The number of aromatic carboxylic acids is 1. The van der Waals surface area contributed by atoms with Crippen LogP contribution in [0.4, 0.5) is 0 Å². The van der Waals surface area contributed by atoms with Gasteiger partial charge in [-0.1, -0.05) is 110 Å². The van der Waals surface area contributed by atoms with E-state index in [0.717, 1.165) is 69.3 Å². The van der Waals surface area contributed by atoms with Gasteiger partial charge in [0.1, 0.15) is 0 Å². The van der Waals surface area contributed by atoms with Gasteiger partial charge >= 0.3 is 5.97 Å². The van der Waals surface area contributed by atoms with Crippen LogP contribution in [0.1, 0.15) is 88.3 Å². The van der Waals surface area contributed by atoms with Gasteiger partial charge < -0.3 is 16.6 Å². The lowest BCUT2D eigenvalue weighted by atomic mass is 9.89. The summed E-state index contributed by atoms with van der Waals surface area (Å²) in [6, 6.07) is 34.9. The Morgan fingerprint density at radius 3 is 1.33 bits per heavy atom. The number of hydrogen-bond acceptors (Lipinski definition) is 3. The third kappa shape index (κ3) is 9.60. The summed E-state index contributed by atoms with van der Waals surface area (Å²) in [6.07, 6.45) is 5.38. The Morgan fingerprint density at radius 1 is 0.551 bits per heavy atom. The molecule has 0 aromatic heterocycles. The first-order chi connectivity index (χ1) is 24.0. The zero-order valence-electron chi connectivity index (χ0n) is 27.9.